The molecule has 0 unspecified atom stereocenters. The van der Waals surface area contributed by atoms with E-state index in [0.29, 0.717) is 18.8 Å². The Hall–Kier alpha value is -1.75. The van der Waals surface area contributed by atoms with Crippen LogP contribution in [0.25, 0.3) is 0 Å². The number of aromatic hydroxyl groups is 1. The Morgan fingerprint density at radius 2 is 2.11 bits per heavy atom. The highest BCUT2D eigenvalue weighted by Gasteiger charge is 2.19. The Labute approximate surface area is 113 Å². The van der Waals surface area contributed by atoms with Gasteiger partial charge in [0.15, 0.2) is 0 Å². The first-order valence-corrected chi connectivity index (χ1v) is 6.60. The minimum Gasteiger partial charge on any atom is -0.506 e. The fourth-order valence-electron chi connectivity index (χ4n) is 2.37. The van der Waals surface area contributed by atoms with Gasteiger partial charge in [0.1, 0.15) is 5.75 Å². The molecule has 1 saturated heterocycles. The van der Waals surface area contributed by atoms with Crippen LogP contribution < -0.4 is 5.73 Å². The van der Waals surface area contributed by atoms with Crippen LogP contribution in [-0.2, 0) is 11.3 Å². The molecule has 1 aliphatic rings. The van der Waals surface area contributed by atoms with Gasteiger partial charge in [-0.25, -0.2) is 0 Å². The quantitative estimate of drug-likeness (QED) is 0.629. The number of rotatable bonds is 4. The topological polar surface area (TPSA) is 69.8 Å². The molecule has 5 nitrogen and oxygen atoms in total. The van der Waals surface area contributed by atoms with Gasteiger partial charge in [-0.3, -0.25) is 9.69 Å². The van der Waals surface area contributed by atoms with E-state index in [2.05, 4.69) is 0 Å². The fourth-order valence-corrected chi connectivity index (χ4v) is 2.37. The summed E-state index contributed by atoms with van der Waals surface area (Å²) in [5.74, 6) is 0.284. The summed E-state index contributed by atoms with van der Waals surface area (Å²) in [5, 5.41) is 9.37. The minimum absolute atomic E-state index is 0.0968. The average Bonchev–Trinajstić information content (AvgIpc) is 2.87. The molecule has 3 N–H and O–H groups in total. The first kappa shape index (κ1) is 13.7. The van der Waals surface area contributed by atoms with Crippen molar-refractivity contribution in [3.05, 3.63) is 23.8 Å². The molecule has 1 aromatic carbocycles. The summed E-state index contributed by atoms with van der Waals surface area (Å²) in [7, 11) is 1.91. The normalized spacial score (nSPS) is 15.2. The zero-order valence-corrected chi connectivity index (χ0v) is 11.3. The summed E-state index contributed by atoms with van der Waals surface area (Å²) in [6.45, 7) is 2.84. The zero-order chi connectivity index (χ0) is 13.8. The maximum absolute atomic E-state index is 12.0. The molecule has 1 aliphatic heterocycles. The predicted molar refractivity (Wildman–Crippen MR) is 74.7 cm³/mol. The Bertz CT molecular complexity index is 456. The van der Waals surface area contributed by atoms with Gasteiger partial charge in [0, 0.05) is 19.6 Å². The maximum Gasteiger partial charge on any atom is 0.236 e. The van der Waals surface area contributed by atoms with Crippen molar-refractivity contribution >= 4 is 11.6 Å². The SMILES string of the molecule is CN(CC(=O)N1CCCC1)Cc1ccc(O)c(N)c1. The number of amides is 1. The van der Waals surface area contributed by atoms with Crippen LogP contribution in [0, 0.1) is 0 Å². The number of nitrogens with two attached hydrogens (primary N) is 1. The molecule has 0 saturated carbocycles. The monoisotopic (exact) mass is 263 g/mol. The molecule has 104 valence electrons. The molecule has 19 heavy (non-hydrogen) atoms. The fraction of sp³-hybridized carbons (Fsp3) is 0.500. The smallest absolute Gasteiger partial charge is 0.236 e. The Morgan fingerprint density at radius 1 is 1.42 bits per heavy atom. The number of anilines is 1. The van der Waals surface area contributed by atoms with Gasteiger partial charge in [0.2, 0.25) is 5.91 Å². The van der Waals surface area contributed by atoms with Crippen LogP contribution in [0.2, 0.25) is 0 Å². The Morgan fingerprint density at radius 3 is 2.74 bits per heavy atom. The number of nitrogens with zero attached hydrogens (tertiary/aromatic N) is 2. The Balaban J connectivity index is 1.87. The van der Waals surface area contributed by atoms with E-state index >= 15 is 0 Å². The summed E-state index contributed by atoms with van der Waals surface area (Å²) >= 11 is 0. The first-order valence-electron chi connectivity index (χ1n) is 6.60. The van der Waals surface area contributed by atoms with Crippen LogP contribution in [-0.4, -0.2) is 47.5 Å². The van der Waals surface area contributed by atoms with E-state index in [1.165, 1.54) is 0 Å². The van der Waals surface area contributed by atoms with Gasteiger partial charge in [0.05, 0.1) is 12.2 Å². The summed E-state index contributed by atoms with van der Waals surface area (Å²) < 4.78 is 0. The van der Waals surface area contributed by atoms with E-state index in [-0.39, 0.29) is 11.7 Å². The number of benzene rings is 1. The second kappa shape index (κ2) is 5.93. The van der Waals surface area contributed by atoms with Gasteiger partial charge in [-0.05, 0) is 37.6 Å². The molecular weight excluding hydrogens is 242 g/mol. The van der Waals surface area contributed by atoms with E-state index in [1.54, 1.807) is 12.1 Å². The summed E-state index contributed by atoms with van der Waals surface area (Å²) in [6, 6.07) is 5.15. The lowest BCUT2D eigenvalue weighted by molar-refractivity contribution is -0.131. The van der Waals surface area contributed by atoms with Crippen molar-refractivity contribution in [3.63, 3.8) is 0 Å². The Kier molecular flexibility index (Phi) is 4.27. The van der Waals surface area contributed by atoms with Gasteiger partial charge in [-0.15, -0.1) is 0 Å². The molecule has 5 heteroatoms. The van der Waals surface area contributed by atoms with Crippen LogP contribution in [0.4, 0.5) is 5.69 Å². The summed E-state index contributed by atoms with van der Waals surface area (Å²) in [4.78, 5) is 15.9. The van der Waals surface area contributed by atoms with E-state index in [1.807, 2.05) is 22.9 Å². The molecule has 0 radical (unpaired) electrons. The van der Waals surface area contributed by atoms with Crippen molar-refractivity contribution in [2.24, 2.45) is 0 Å². The van der Waals surface area contributed by atoms with Crippen molar-refractivity contribution in [2.45, 2.75) is 19.4 Å². The molecule has 1 heterocycles. The number of likely N-dealkylation sites (N-methyl/N-ethyl adjacent to an activating group) is 1. The number of likely N-dealkylation sites (tertiary alicyclic amines) is 1. The highest BCUT2D eigenvalue weighted by molar-refractivity contribution is 5.78. The van der Waals surface area contributed by atoms with Gasteiger partial charge < -0.3 is 15.7 Å². The molecule has 0 aromatic heterocycles. The molecule has 1 aromatic rings. The zero-order valence-electron chi connectivity index (χ0n) is 11.3. The van der Waals surface area contributed by atoms with Crippen LogP contribution in [0.15, 0.2) is 18.2 Å². The number of hydrogen-bond acceptors (Lipinski definition) is 4. The standard InChI is InChI=1S/C14H21N3O2/c1-16(10-14(19)17-6-2-3-7-17)9-11-4-5-13(18)12(15)8-11/h4-5,8,18H,2-3,6-7,9-10,15H2,1H3. The highest BCUT2D eigenvalue weighted by Crippen LogP contribution is 2.21. The molecule has 0 atom stereocenters. The molecule has 1 fully saturated rings. The van der Waals surface area contributed by atoms with Gasteiger partial charge in [-0.2, -0.15) is 0 Å². The lowest BCUT2D eigenvalue weighted by atomic mass is 10.2. The largest absolute Gasteiger partial charge is 0.506 e. The second-order valence-corrected chi connectivity index (χ2v) is 5.15. The summed E-state index contributed by atoms with van der Waals surface area (Å²) in [5.41, 5.74) is 7.02. The third-order valence-electron chi connectivity index (χ3n) is 3.41. The lowest BCUT2D eigenvalue weighted by Crippen LogP contribution is -2.36. The van der Waals surface area contributed by atoms with Gasteiger partial charge in [0.25, 0.3) is 0 Å². The first-order chi connectivity index (χ1) is 9.06. The molecule has 0 spiro atoms. The van der Waals surface area contributed by atoms with E-state index < -0.39 is 0 Å². The molecule has 0 bridgehead atoms. The molecular formula is C14H21N3O2. The predicted octanol–water partition coefficient (Wildman–Crippen LogP) is 1.03. The van der Waals surface area contributed by atoms with Crippen molar-refractivity contribution in [2.75, 3.05) is 32.4 Å². The lowest BCUT2D eigenvalue weighted by Gasteiger charge is -2.21. The van der Waals surface area contributed by atoms with Crippen LogP contribution in [0.3, 0.4) is 0 Å². The van der Waals surface area contributed by atoms with E-state index in [4.69, 9.17) is 5.73 Å². The van der Waals surface area contributed by atoms with E-state index in [9.17, 15) is 9.90 Å². The van der Waals surface area contributed by atoms with Crippen LogP contribution in [0.5, 0.6) is 5.75 Å². The average molecular weight is 263 g/mol. The van der Waals surface area contributed by atoms with Crippen LogP contribution >= 0.6 is 0 Å². The number of phenols is 1. The van der Waals surface area contributed by atoms with Crippen molar-refractivity contribution in [3.8, 4) is 5.75 Å². The second-order valence-electron chi connectivity index (χ2n) is 5.15. The number of carbonyl (C=O) groups excluding carboxylic acids is 1. The summed E-state index contributed by atoms with van der Waals surface area (Å²) in [6.07, 6.45) is 2.23. The van der Waals surface area contributed by atoms with Crippen LogP contribution in [0.1, 0.15) is 18.4 Å². The third kappa shape index (κ3) is 3.61. The third-order valence-corrected chi connectivity index (χ3v) is 3.41. The van der Waals surface area contributed by atoms with Crippen molar-refractivity contribution in [1.29, 1.82) is 0 Å². The number of hydrogen-bond donors (Lipinski definition) is 2. The van der Waals surface area contributed by atoms with Gasteiger partial charge in [-0.1, -0.05) is 6.07 Å². The molecule has 2 rings (SSSR count). The molecule has 0 aliphatic carbocycles. The number of carbonyl (C=O) groups is 1. The van der Waals surface area contributed by atoms with E-state index in [0.717, 1.165) is 31.5 Å². The minimum atomic E-state index is 0.0968. The highest BCUT2D eigenvalue weighted by atomic mass is 16.3. The van der Waals surface area contributed by atoms with Crippen molar-refractivity contribution in [1.82, 2.24) is 9.80 Å². The van der Waals surface area contributed by atoms with Crippen molar-refractivity contribution < 1.29 is 9.90 Å². The number of phenolic OH excluding ortho intramolecular Hbond substituents is 1. The van der Waals surface area contributed by atoms with Gasteiger partial charge >= 0.3 is 0 Å². The number of nitrogen functional groups attached to an aromatic ring is 1. The maximum atomic E-state index is 12.0. The molecule has 1 amide bonds.